The highest BCUT2D eigenvalue weighted by Crippen LogP contribution is 2.33. The van der Waals surface area contributed by atoms with E-state index in [0.717, 1.165) is 11.3 Å². The summed E-state index contributed by atoms with van der Waals surface area (Å²) in [6.45, 7) is 1.78. The number of aromatic amines is 1. The Morgan fingerprint density at radius 1 is 1.39 bits per heavy atom. The van der Waals surface area contributed by atoms with Crippen LogP contribution >= 0.6 is 11.3 Å². The van der Waals surface area contributed by atoms with E-state index in [1.54, 1.807) is 19.1 Å². The maximum Gasteiger partial charge on any atom is 0.287 e. The SMILES string of the molecule is Cc1cc(CNC(=O)c2nc3sc4c(c3c(=O)[nH]2)CCS(=O)(=O)C4)ccc1F. The van der Waals surface area contributed by atoms with E-state index in [1.165, 1.54) is 6.07 Å². The fourth-order valence-electron chi connectivity index (χ4n) is 3.21. The van der Waals surface area contributed by atoms with Gasteiger partial charge in [-0.15, -0.1) is 11.3 Å². The molecule has 1 aliphatic rings. The predicted molar refractivity (Wildman–Crippen MR) is 104 cm³/mol. The first-order chi connectivity index (χ1) is 13.2. The van der Waals surface area contributed by atoms with Gasteiger partial charge in [0, 0.05) is 11.4 Å². The van der Waals surface area contributed by atoms with Gasteiger partial charge in [0.25, 0.3) is 11.5 Å². The van der Waals surface area contributed by atoms with E-state index in [4.69, 9.17) is 0 Å². The second-order valence-electron chi connectivity index (χ2n) is 6.71. The van der Waals surface area contributed by atoms with Gasteiger partial charge in [0.15, 0.2) is 9.84 Å². The van der Waals surface area contributed by atoms with E-state index in [-0.39, 0.29) is 36.1 Å². The number of fused-ring (bicyclic) bond motifs is 3. The molecule has 1 aliphatic heterocycles. The number of hydrogen-bond acceptors (Lipinski definition) is 6. The van der Waals surface area contributed by atoms with Crippen LogP contribution in [0.1, 0.15) is 32.2 Å². The maximum atomic E-state index is 13.3. The smallest absolute Gasteiger partial charge is 0.287 e. The van der Waals surface area contributed by atoms with Crippen molar-refractivity contribution in [2.24, 2.45) is 0 Å². The number of benzene rings is 1. The number of thiophene rings is 1. The molecule has 0 atom stereocenters. The maximum absolute atomic E-state index is 13.3. The van der Waals surface area contributed by atoms with Gasteiger partial charge in [0.1, 0.15) is 10.6 Å². The van der Waals surface area contributed by atoms with Crippen molar-refractivity contribution in [1.82, 2.24) is 15.3 Å². The van der Waals surface area contributed by atoms with Crippen LogP contribution in [0, 0.1) is 12.7 Å². The monoisotopic (exact) mass is 421 g/mol. The largest absolute Gasteiger partial charge is 0.345 e. The number of nitrogens with zero attached hydrogens (tertiary/aromatic N) is 1. The van der Waals surface area contributed by atoms with Crippen LogP contribution < -0.4 is 10.9 Å². The number of carbonyl (C=O) groups is 1. The lowest BCUT2D eigenvalue weighted by Crippen LogP contribution is -2.27. The number of amides is 1. The zero-order chi connectivity index (χ0) is 20.1. The molecule has 0 radical (unpaired) electrons. The molecule has 1 aromatic carbocycles. The average Bonchev–Trinajstić information content (AvgIpc) is 2.98. The van der Waals surface area contributed by atoms with Crippen LogP contribution in [-0.2, 0) is 28.6 Å². The molecule has 7 nitrogen and oxygen atoms in total. The molecule has 0 saturated heterocycles. The Balaban J connectivity index is 1.61. The molecule has 0 saturated carbocycles. The zero-order valence-electron chi connectivity index (χ0n) is 14.8. The summed E-state index contributed by atoms with van der Waals surface area (Å²) in [6, 6.07) is 4.52. The van der Waals surface area contributed by atoms with Crippen molar-refractivity contribution in [1.29, 1.82) is 0 Å². The number of nitrogens with one attached hydrogen (secondary N) is 2. The number of hydrogen-bond donors (Lipinski definition) is 2. The van der Waals surface area contributed by atoms with Crippen molar-refractivity contribution in [3.63, 3.8) is 0 Å². The number of aryl methyl sites for hydroxylation is 2. The van der Waals surface area contributed by atoms with Crippen molar-refractivity contribution in [2.45, 2.75) is 25.6 Å². The third-order valence-electron chi connectivity index (χ3n) is 4.65. The molecule has 3 aromatic rings. The first kappa shape index (κ1) is 18.8. The molecule has 0 fully saturated rings. The lowest BCUT2D eigenvalue weighted by Gasteiger charge is -2.11. The minimum atomic E-state index is -3.16. The van der Waals surface area contributed by atoms with Gasteiger partial charge in [-0.1, -0.05) is 12.1 Å². The van der Waals surface area contributed by atoms with Crippen LogP contribution in [0.4, 0.5) is 4.39 Å². The average molecular weight is 421 g/mol. The van der Waals surface area contributed by atoms with Gasteiger partial charge in [0.05, 0.1) is 16.9 Å². The van der Waals surface area contributed by atoms with Gasteiger partial charge >= 0.3 is 0 Å². The third-order valence-corrected chi connectivity index (χ3v) is 7.51. The lowest BCUT2D eigenvalue weighted by atomic mass is 10.1. The second-order valence-corrected chi connectivity index (χ2v) is 9.97. The summed E-state index contributed by atoms with van der Waals surface area (Å²) in [5.41, 5.74) is 1.44. The van der Waals surface area contributed by atoms with Crippen molar-refractivity contribution >= 4 is 37.3 Å². The molecule has 1 amide bonds. The Hall–Kier alpha value is -2.59. The van der Waals surface area contributed by atoms with Crippen LogP contribution in [0.25, 0.3) is 10.2 Å². The summed E-state index contributed by atoms with van der Waals surface area (Å²) >= 11 is 1.13. The number of rotatable bonds is 3. The van der Waals surface area contributed by atoms with E-state index in [9.17, 15) is 22.4 Å². The number of H-pyrrole nitrogens is 1. The molecule has 2 aromatic heterocycles. The first-order valence-electron chi connectivity index (χ1n) is 8.52. The molecule has 0 unspecified atom stereocenters. The van der Waals surface area contributed by atoms with Gasteiger partial charge < -0.3 is 10.3 Å². The van der Waals surface area contributed by atoms with E-state index in [2.05, 4.69) is 15.3 Å². The standard InChI is InChI=1S/C18H16FN3O4S2/c1-9-6-10(2-3-12(9)19)7-20-17(24)15-21-16(23)14-11-4-5-28(25,26)8-13(11)27-18(14)22-15/h2-3,6H,4-5,7-8H2,1H3,(H,20,24)(H,21,22,23). The van der Waals surface area contributed by atoms with E-state index < -0.39 is 21.3 Å². The number of carbonyl (C=O) groups excluding carboxylic acids is 1. The molecule has 3 heterocycles. The van der Waals surface area contributed by atoms with Crippen molar-refractivity contribution in [3.05, 3.63) is 61.8 Å². The molecule has 0 bridgehead atoms. The number of sulfone groups is 1. The predicted octanol–water partition coefficient (Wildman–Crippen LogP) is 1.83. The van der Waals surface area contributed by atoms with E-state index in [0.29, 0.717) is 31.8 Å². The second kappa shape index (κ2) is 6.78. The van der Waals surface area contributed by atoms with Crippen LogP contribution in [0.15, 0.2) is 23.0 Å². The molecule has 10 heteroatoms. The molecule has 4 rings (SSSR count). The Labute approximate surface area is 163 Å². The van der Waals surface area contributed by atoms with E-state index >= 15 is 0 Å². The summed E-state index contributed by atoms with van der Waals surface area (Å²) in [6.07, 6.45) is 0.276. The summed E-state index contributed by atoms with van der Waals surface area (Å²) in [7, 11) is -3.16. The highest BCUT2D eigenvalue weighted by Gasteiger charge is 2.27. The normalized spacial score (nSPS) is 15.4. The fourth-order valence-corrected chi connectivity index (χ4v) is 6.23. The highest BCUT2D eigenvalue weighted by molar-refractivity contribution is 7.90. The highest BCUT2D eigenvalue weighted by atomic mass is 32.2. The van der Waals surface area contributed by atoms with Crippen molar-refractivity contribution in [2.75, 3.05) is 5.75 Å². The molecule has 28 heavy (non-hydrogen) atoms. The van der Waals surface area contributed by atoms with Gasteiger partial charge in [-0.2, -0.15) is 0 Å². The third kappa shape index (κ3) is 3.45. The number of aromatic nitrogens is 2. The van der Waals surface area contributed by atoms with Crippen LogP contribution in [-0.4, -0.2) is 30.0 Å². The van der Waals surface area contributed by atoms with Gasteiger partial charge in [-0.3, -0.25) is 9.59 Å². The molecule has 2 N–H and O–H groups in total. The summed E-state index contributed by atoms with van der Waals surface area (Å²) in [4.78, 5) is 32.6. The van der Waals surface area contributed by atoms with E-state index in [1.807, 2.05) is 0 Å². The molecule has 0 aliphatic carbocycles. The quantitative estimate of drug-likeness (QED) is 0.671. The van der Waals surface area contributed by atoms with Gasteiger partial charge in [-0.25, -0.2) is 17.8 Å². The molecular weight excluding hydrogens is 405 g/mol. The summed E-state index contributed by atoms with van der Waals surface area (Å²) < 4.78 is 37.0. The Morgan fingerprint density at radius 2 is 2.18 bits per heavy atom. The van der Waals surface area contributed by atoms with Crippen molar-refractivity contribution in [3.8, 4) is 0 Å². The lowest BCUT2D eigenvalue weighted by molar-refractivity contribution is 0.0940. The number of halogens is 1. The minimum Gasteiger partial charge on any atom is -0.345 e. The van der Waals surface area contributed by atoms with Gasteiger partial charge in [-0.05, 0) is 36.1 Å². The first-order valence-corrected chi connectivity index (χ1v) is 11.2. The Bertz CT molecular complexity index is 1280. The van der Waals surface area contributed by atoms with Crippen molar-refractivity contribution < 1.29 is 17.6 Å². The minimum absolute atomic E-state index is 0.00456. The summed E-state index contributed by atoms with van der Waals surface area (Å²) in [5.74, 6) is -1.13. The Morgan fingerprint density at radius 3 is 2.93 bits per heavy atom. The molecular formula is C18H16FN3O4S2. The zero-order valence-corrected chi connectivity index (χ0v) is 16.5. The summed E-state index contributed by atoms with van der Waals surface area (Å²) in [5, 5.41) is 3.01. The van der Waals surface area contributed by atoms with Crippen LogP contribution in [0.5, 0.6) is 0 Å². The fraction of sp³-hybridized carbons (Fsp3) is 0.278. The van der Waals surface area contributed by atoms with Crippen LogP contribution in [0.3, 0.4) is 0 Å². The molecule has 0 spiro atoms. The topological polar surface area (TPSA) is 109 Å². The Kier molecular flexibility index (Phi) is 4.54. The molecule has 146 valence electrons. The van der Waals surface area contributed by atoms with Crippen LogP contribution in [0.2, 0.25) is 0 Å². The van der Waals surface area contributed by atoms with Gasteiger partial charge in [0.2, 0.25) is 5.82 Å².